The Morgan fingerprint density at radius 3 is 2.81 bits per heavy atom. The smallest absolute Gasteiger partial charge is 0.308 e. The molecule has 2 N–H and O–H groups in total. The molecule has 116 valence electrons. The maximum Gasteiger partial charge on any atom is 0.308 e. The topological polar surface area (TPSA) is 75.6 Å². The lowest BCUT2D eigenvalue weighted by atomic mass is 10.0. The summed E-state index contributed by atoms with van der Waals surface area (Å²) in [6, 6.07) is 7.46. The lowest BCUT2D eigenvalue weighted by Gasteiger charge is -2.12. The zero-order valence-electron chi connectivity index (χ0n) is 12.3. The van der Waals surface area contributed by atoms with Gasteiger partial charge in [0.2, 0.25) is 5.91 Å². The quantitative estimate of drug-likeness (QED) is 0.685. The van der Waals surface area contributed by atoms with Gasteiger partial charge < -0.3 is 15.2 Å². The van der Waals surface area contributed by atoms with Crippen LogP contribution >= 0.6 is 11.8 Å². The van der Waals surface area contributed by atoms with Crippen molar-refractivity contribution in [3.05, 3.63) is 24.3 Å². The molecular weight excluding hydrogens is 290 g/mol. The van der Waals surface area contributed by atoms with Crippen molar-refractivity contribution in [2.45, 2.75) is 24.7 Å². The van der Waals surface area contributed by atoms with E-state index in [1.54, 1.807) is 7.11 Å². The van der Waals surface area contributed by atoms with Gasteiger partial charge in [0.25, 0.3) is 0 Å². The van der Waals surface area contributed by atoms with Gasteiger partial charge in [-0.25, -0.2) is 0 Å². The summed E-state index contributed by atoms with van der Waals surface area (Å²) >= 11 is 1.39. The Morgan fingerprint density at radius 2 is 2.19 bits per heavy atom. The van der Waals surface area contributed by atoms with E-state index in [2.05, 4.69) is 5.32 Å². The van der Waals surface area contributed by atoms with Gasteiger partial charge in [-0.05, 0) is 24.6 Å². The lowest BCUT2D eigenvalue weighted by molar-refractivity contribution is -0.141. The average molecular weight is 311 g/mol. The second-order valence-corrected chi connectivity index (χ2v) is 5.64. The van der Waals surface area contributed by atoms with E-state index < -0.39 is 11.9 Å². The molecule has 1 aromatic carbocycles. The molecule has 1 aromatic rings. The number of hydrogen-bond donors (Lipinski definition) is 2. The average Bonchev–Trinajstić information content (AvgIpc) is 2.49. The van der Waals surface area contributed by atoms with Gasteiger partial charge in [0.05, 0.1) is 18.8 Å². The van der Waals surface area contributed by atoms with Crippen molar-refractivity contribution in [1.82, 2.24) is 5.32 Å². The first-order chi connectivity index (χ1) is 10.1. The van der Waals surface area contributed by atoms with Crippen LogP contribution in [0.25, 0.3) is 0 Å². The van der Waals surface area contributed by atoms with E-state index >= 15 is 0 Å². The van der Waals surface area contributed by atoms with Crippen molar-refractivity contribution >= 4 is 23.6 Å². The van der Waals surface area contributed by atoms with Crippen LogP contribution in [0, 0.1) is 5.92 Å². The highest BCUT2D eigenvalue weighted by atomic mass is 32.2. The molecule has 0 aliphatic heterocycles. The molecule has 0 spiro atoms. The second kappa shape index (κ2) is 9.28. The molecule has 1 atom stereocenters. The maximum absolute atomic E-state index is 11.7. The molecule has 0 saturated heterocycles. The normalized spacial score (nSPS) is 11.7. The molecule has 6 heteroatoms. The summed E-state index contributed by atoms with van der Waals surface area (Å²) < 4.78 is 5.11. The van der Waals surface area contributed by atoms with Crippen LogP contribution in [0.5, 0.6) is 5.75 Å². The molecule has 0 aliphatic rings. The number of rotatable bonds is 9. The molecule has 0 bridgehead atoms. The standard InChI is InChI=1S/C15H21NO4S/c1-3-5-11(15(18)19)9-16-14(17)10-21-13-7-4-6-12(8-13)20-2/h4,6-8,11H,3,5,9-10H2,1-2H3,(H,16,17)(H,18,19). The zero-order valence-corrected chi connectivity index (χ0v) is 13.1. The van der Waals surface area contributed by atoms with Crippen molar-refractivity contribution in [2.24, 2.45) is 5.92 Å². The van der Waals surface area contributed by atoms with Gasteiger partial charge in [-0.3, -0.25) is 9.59 Å². The number of amides is 1. The Balaban J connectivity index is 2.38. The van der Waals surface area contributed by atoms with Crippen LogP contribution in [0.4, 0.5) is 0 Å². The molecule has 0 fully saturated rings. The first-order valence-electron chi connectivity index (χ1n) is 6.83. The minimum absolute atomic E-state index is 0.162. The third-order valence-electron chi connectivity index (χ3n) is 2.94. The van der Waals surface area contributed by atoms with Gasteiger partial charge in [-0.2, -0.15) is 0 Å². The highest BCUT2D eigenvalue weighted by Gasteiger charge is 2.17. The first-order valence-corrected chi connectivity index (χ1v) is 7.81. The second-order valence-electron chi connectivity index (χ2n) is 4.60. The summed E-state index contributed by atoms with van der Waals surface area (Å²) in [4.78, 5) is 23.7. The predicted molar refractivity (Wildman–Crippen MR) is 82.8 cm³/mol. The van der Waals surface area contributed by atoms with Crippen molar-refractivity contribution in [2.75, 3.05) is 19.4 Å². The summed E-state index contributed by atoms with van der Waals surface area (Å²) in [5.74, 6) is -0.538. The Labute approximate surface area is 129 Å². The molecule has 1 rings (SSSR count). The number of carboxylic acids is 1. The van der Waals surface area contributed by atoms with E-state index in [0.717, 1.165) is 17.1 Å². The number of carbonyl (C=O) groups excluding carboxylic acids is 1. The van der Waals surface area contributed by atoms with Gasteiger partial charge >= 0.3 is 5.97 Å². The van der Waals surface area contributed by atoms with E-state index in [1.165, 1.54) is 11.8 Å². The van der Waals surface area contributed by atoms with E-state index in [0.29, 0.717) is 6.42 Å². The zero-order chi connectivity index (χ0) is 15.7. The molecule has 0 heterocycles. The van der Waals surface area contributed by atoms with Crippen LogP contribution < -0.4 is 10.1 Å². The summed E-state index contributed by atoms with van der Waals surface area (Å²) in [5.41, 5.74) is 0. The molecule has 1 unspecified atom stereocenters. The van der Waals surface area contributed by atoms with E-state index in [-0.39, 0.29) is 18.2 Å². The van der Waals surface area contributed by atoms with Gasteiger partial charge in [-0.1, -0.05) is 19.4 Å². The summed E-state index contributed by atoms with van der Waals surface area (Å²) in [7, 11) is 1.59. The SMILES string of the molecule is CCCC(CNC(=O)CSc1cccc(OC)c1)C(=O)O. The number of thioether (sulfide) groups is 1. The molecule has 0 aromatic heterocycles. The van der Waals surface area contributed by atoms with E-state index in [4.69, 9.17) is 9.84 Å². The third-order valence-corrected chi connectivity index (χ3v) is 3.94. The van der Waals surface area contributed by atoms with Gasteiger partial charge in [-0.15, -0.1) is 11.8 Å². The molecule has 0 saturated carbocycles. The minimum Gasteiger partial charge on any atom is -0.497 e. The monoisotopic (exact) mass is 311 g/mol. The van der Waals surface area contributed by atoms with Gasteiger partial charge in [0, 0.05) is 11.4 Å². The number of ether oxygens (including phenoxy) is 1. The minimum atomic E-state index is -0.863. The number of aliphatic carboxylic acids is 1. The van der Waals surface area contributed by atoms with Crippen LogP contribution in [0.1, 0.15) is 19.8 Å². The summed E-state index contributed by atoms with van der Waals surface area (Å²) in [6.07, 6.45) is 1.35. The number of methoxy groups -OCH3 is 1. The van der Waals surface area contributed by atoms with Crippen molar-refractivity contribution < 1.29 is 19.4 Å². The molecule has 21 heavy (non-hydrogen) atoms. The fraction of sp³-hybridized carbons (Fsp3) is 0.467. The number of nitrogens with one attached hydrogen (secondary N) is 1. The fourth-order valence-electron chi connectivity index (χ4n) is 1.79. The number of carboxylic acid groups (broad SMARTS) is 1. The van der Waals surface area contributed by atoms with Crippen LogP contribution in [-0.4, -0.2) is 36.4 Å². The Morgan fingerprint density at radius 1 is 1.43 bits per heavy atom. The van der Waals surface area contributed by atoms with Crippen LogP contribution in [0.3, 0.4) is 0 Å². The largest absolute Gasteiger partial charge is 0.497 e. The Hall–Kier alpha value is -1.69. The first kappa shape index (κ1) is 17.4. The van der Waals surface area contributed by atoms with E-state index in [1.807, 2.05) is 31.2 Å². The van der Waals surface area contributed by atoms with Gasteiger partial charge in [0.15, 0.2) is 0 Å². The molecule has 1 amide bonds. The molecule has 0 aliphatic carbocycles. The lowest BCUT2D eigenvalue weighted by Crippen LogP contribution is -2.33. The summed E-state index contributed by atoms with van der Waals surface area (Å²) in [5, 5.41) is 11.7. The maximum atomic E-state index is 11.7. The molecule has 5 nitrogen and oxygen atoms in total. The number of carbonyl (C=O) groups is 2. The Kier molecular flexibility index (Phi) is 7.68. The van der Waals surface area contributed by atoms with Crippen LogP contribution in [0.2, 0.25) is 0 Å². The highest BCUT2D eigenvalue weighted by molar-refractivity contribution is 8.00. The number of benzene rings is 1. The van der Waals surface area contributed by atoms with Crippen LogP contribution in [0.15, 0.2) is 29.2 Å². The van der Waals surface area contributed by atoms with E-state index in [9.17, 15) is 9.59 Å². The summed E-state index contributed by atoms with van der Waals surface area (Å²) in [6.45, 7) is 2.11. The number of hydrogen-bond acceptors (Lipinski definition) is 4. The molecule has 0 radical (unpaired) electrons. The predicted octanol–water partition coefficient (Wildman–Crippen LogP) is 2.40. The van der Waals surface area contributed by atoms with Crippen molar-refractivity contribution in [3.63, 3.8) is 0 Å². The fourth-order valence-corrected chi connectivity index (χ4v) is 2.56. The van der Waals surface area contributed by atoms with Crippen LogP contribution in [-0.2, 0) is 9.59 Å². The highest BCUT2D eigenvalue weighted by Crippen LogP contribution is 2.22. The third kappa shape index (κ3) is 6.53. The van der Waals surface area contributed by atoms with Gasteiger partial charge in [0.1, 0.15) is 5.75 Å². The molecular formula is C15H21NO4S. The van der Waals surface area contributed by atoms with Crippen molar-refractivity contribution in [3.8, 4) is 5.75 Å². The van der Waals surface area contributed by atoms with Crippen molar-refractivity contribution in [1.29, 1.82) is 0 Å². The Bertz CT molecular complexity index is 478.